The number of fused-ring (bicyclic) bond motifs is 1. The Morgan fingerprint density at radius 1 is 1.42 bits per heavy atom. The lowest BCUT2D eigenvalue weighted by Gasteiger charge is -2.29. The van der Waals surface area contributed by atoms with Gasteiger partial charge < -0.3 is 13.9 Å². The number of furan rings is 1. The number of ketones is 1. The molecule has 24 heavy (non-hydrogen) atoms. The molecule has 0 saturated carbocycles. The fourth-order valence-electron chi connectivity index (χ4n) is 3.09. The van der Waals surface area contributed by atoms with Crippen LogP contribution in [0.1, 0.15) is 23.0 Å². The second-order valence-corrected chi connectivity index (χ2v) is 6.24. The van der Waals surface area contributed by atoms with E-state index in [9.17, 15) is 9.59 Å². The molecular weight excluding hydrogens is 334 g/mol. The van der Waals surface area contributed by atoms with Crippen LogP contribution in [0.4, 0.5) is 0 Å². The van der Waals surface area contributed by atoms with Crippen molar-refractivity contribution < 1.29 is 23.5 Å². The van der Waals surface area contributed by atoms with Crippen LogP contribution >= 0.6 is 11.6 Å². The van der Waals surface area contributed by atoms with Gasteiger partial charge in [0, 0.05) is 19.6 Å². The van der Waals surface area contributed by atoms with Crippen molar-refractivity contribution in [3.05, 3.63) is 22.0 Å². The number of ether oxygens (including phenoxy) is 2. The van der Waals surface area contributed by atoms with Crippen LogP contribution in [0.3, 0.4) is 0 Å². The summed E-state index contributed by atoms with van der Waals surface area (Å²) in [5, 5.41) is 0.404. The Labute approximate surface area is 144 Å². The van der Waals surface area contributed by atoms with Crippen molar-refractivity contribution in [3.63, 3.8) is 0 Å². The first kappa shape index (κ1) is 17.2. The van der Waals surface area contributed by atoms with E-state index < -0.39 is 5.97 Å². The molecular formula is C17H20ClNO5. The van der Waals surface area contributed by atoms with Gasteiger partial charge in [-0.25, -0.2) is 4.79 Å². The van der Waals surface area contributed by atoms with Crippen LogP contribution in [0.15, 0.2) is 4.42 Å². The first-order valence-electron chi connectivity index (χ1n) is 8.05. The average Bonchev–Trinajstić information content (AvgIpc) is 2.90. The van der Waals surface area contributed by atoms with Crippen molar-refractivity contribution in [2.45, 2.75) is 13.8 Å². The highest BCUT2D eigenvalue weighted by molar-refractivity contribution is 6.61. The number of hydrogen-bond donors (Lipinski definition) is 0. The maximum Gasteiger partial charge on any atom is 0.342 e. The summed E-state index contributed by atoms with van der Waals surface area (Å²) in [6, 6.07) is 0. The molecule has 0 N–H and O–H groups in total. The number of nitrogens with zero attached hydrogens (tertiary/aromatic N) is 1. The number of morpholine rings is 1. The van der Waals surface area contributed by atoms with Crippen molar-refractivity contribution >= 4 is 34.5 Å². The predicted octanol–water partition coefficient (Wildman–Crippen LogP) is 0.423. The summed E-state index contributed by atoms with van der Waals surface area (Å²) >= 11 is 6.31. The van der Waals surface area contributed by atoms with Crippen molar-refractivity contribution in [2.75, 3.05) is 39.5 Å². The zero-order chi connectivity index (χ0) is 17.3. The topological polar surface area (TPSA) is 69.0 Å². The number of esters is 1. The number of rotatable bonds is 4. The molecule has 130 valence electrons. The van der Waals surface area contributed by atoms with Crippen LogP contribution in [0.2, 0.25) is 0 Å². The quantitative estimate of drug-likeness (QED) is 0.731. The standard InChI is InChI=1S/C17H20ClNO5/c1-3-23-17(21)13-10(2)24-12-8-11(16(20)15(18)14(12)13)9-19-4-6-22-7-5-19/h8,11H,3-7,9H2,1-2H3. The zero-order valence-corrected chi connectivity index (χ0v) is 14.5. The number of carbonyl (C=O) groups excluding carboxylic acids is 2. The Morgan fingerprint density at radius 3 is 2.79 bits per heavy atom. The Bertz CT molecular complexity index is 776. The molecule has 1 saturated heterocycles. The number of Topliss-reactive ketones (excluding diaryl/α,β-unsaturated/α-hetero) is 1. The molecule has 1 unspecified atom stereocenters. The van der Waals surface area contributed by atoms with Gasteiger partial charge in [-0.3, -0.25) is 9.69 Å². The summed E-state index contributed by atoms with van der Waals surface area (Å²) in [4.78, 5) is 27.0. The summed E-state index contributed by atoms with van der Waals surface area (Å²) in [7, 11) is 0. The maximum absolute atomic E-state index is 12.7. The van der Waals surface area contributed by atoms with Crippen LogP contribution in [0.5, 0.6) is 0 Å². The highest BCUT2D eigenvalue weighted by atomic mass is 35.5. The summed E-state index contributed by atoms with van der Waals surface area (Å²) in [6.07, 6.45) is 1.76. The van der Waals surface area contributed by atoms with E-state index in [1.807, 2.05) is 0 Å². The second-order valence-electron chi connectivity index (χ2n) is 5.86. The maximum atomic E-state index is 12.7. The fraction of sp³-hybridized carbons (Fsp3) is 0.529. The van der Waals surface area contributed by atoms with Crippen molar-refractivity contribution in [3.8, 4) is 0 Å². The Kier molecular flexibility index (Phi) is 5.08. The SMILES string of the molecule is CCOC(=O)c1c(C)oc2c1=C(Cl)C(=O)C(CN1CCOCC1)C=2. The number of halogens is 1. The minimum Gasteiger partial charge on any atom is -0.462 e. The molecule has 0 radical (unpaired) electrons. The third-order valence-electron chi connectivity index (χ3n) is 4.27. The number of hydrogen-bond acceptors (Lipinski definition) is 6. The molecule has 1 atom stereocenters. The molecule has 2 aliphatic rings. The highest BCUT2D eigenvalue weighted by Crippen LogP contribution is 2.19. The summed E-state index contributed by atoms with van der Waals surface area (Å²) in [6.45, 7) is 7.10. The molecule has 0 bridgehead atoms. The number of aryl methyl sites for hydroxylation is 1. The zero-order valence-electron chi connectivity index (χ0n) is 13.8. The predicted molar refractivity (Wildman–Crippen MR) is 88.1 cm³/mol. The van der Waals surface area contributed by atoms with E-state index in [0.717, 1.165) is 13.1 Å². The van der Waals surface area contributed by atoms with E-state index in [1.165, 1.54) is 0 Å². The van der Waals surface area contributed by atoms with Crippen LogP contribution in [-0.4, -0.2) is 56.1 Å². The Hall–Kier alpha value is -1.63. The van der Waals surface area contributed by atoms with E-state index in [4.69, 9.17) is 25.5 Å². The van der Waals surface area contributed by atoms with Gasteiger partial charge in [0.05, 0.1) is 36.0 Å². The van der Waals surface area contributed by atoms with E-state index >= 15 is 0 Å². The Morgan fingerprint density at radius 2 is 2.12 bits per heavy atom. The third-order valence-corrected chi connectivity index (χ3v) is 4.65. The summed E-state index contributed by atoms with van der Waals surface area (Å²) in [5.41, 5.74) is 0.713. The molecule has 3 rings (SSSR count). The number of carbonyl (C=O) groups is 2. The van der Waals surface area contributed by atoms with Gasteiger partial charge in [-0.1, -0.05) is 11.6 Å². The van der Waals surface area contributed by atoms with Crippen LogP contribution in [0.25, 0.3) is 11.1 Å². The molecule has 6 nitrogen and oxygen atoms in total. The monoisotopic (exact) mass is 353 g/mol. The van der Waals surface area contributed by atoms with Crippen LogP contribution < -0.4 is 10.6 Å². The normalized spacial score (nSPS) is 21.4. The van der Waals surface area contributed by atoms with Gasteiger partial charge in [-0.05, 0) is 19.9 Å². The van der Waals surface area contributed by atoms with Gasteiger partial charge in [0.25, 0.3) is 0 Å². The smallest absolute Gasteiger partial charge is 0.342 e. The van der Waals surface area contributed by atoms with E-state index in [0.29, 0.717) is 36.2 Å². The van der Waals surface area contributed by atoms with Gasteiger partial charge in [-0.15, -0.1) is 0 Å². The largest absolute Gasteiger partial charge is 0.462 e. The highest BCUT2D eigenvalue weighted by Gasteiger charge is 2.31. The lowest BCUT2D eigenvalue weighted by Crippen LogP contribution is -2.44. The average molecular weight is 354 g/mol. The van der Waals surface area contributed by atoms with E-state index in [2.05, 4.69) is 4.90 Å². The van der Waals surface area contributed by atoms with Crippen molar-refractivity contribution in [2.24, 2.45) is 5.92 Å². The molecule has 1 aliphatic carbocycles. The molecule has 1 aromatic rings. The Balaban J connectivity index is 1.97. The third kappa shape index (κ3) is 3.14. The lowest BCUT2D eigenvalue weighted by atomic mass is 9.96. The van der Waals surface area contributed by atoms with E-state index in [-0.39, 0.29) is 28.9 Å². The lowest BCUT2D eigenvalue weighted by molar-refractivity contribution is -0.116. The van der Waals surface area contributed by atoms with Crippen LogP contribution in [-0.2, 0) is 14.3 Å². The minimum absolute atomic E-state index is 0.0469. The van der Waals surface area contributed by atoms with Gasteiger partial charge in [0.1, 0.15) is 16.7 Å². The van der Waals surface area contributed by atoms with Gasteiger partial charge >= 0.3 is 5.97 Å². The molecule has 0 spiro atoms. The van der Waals surface area contributed by atoms with Gasteiger partial charge in [0.15, 0.2) is 5.78 Å². The second kappa shape index (κ2) is 7.09. The summed E-state index contributed by atoms with van der Waals surface area (Å²) in [5.74, 6) is -0.690. The van der Waals surface area contributed by atoms with Gasteiger partial charge in [0.2, 0.25) is 0 Å². The molecule has 1 fully saturated rings. The fourth-order valence-corrected chi connectivity index (χ4v) is 3.42. The van der Waals surface area contributed by atoms with Crippen LogP contribution in [0, 0.1) is 12.8 Å². The van der Waals surface area contributed by atoms with Crippen molar-refractivity contribution in [1.82, 2.24) is 4.90 Å². The molecule has 1 aliphatic heterocycles. The molecule has 2 heterocycles. The van der Waals surface area contributed by atoms with E-state index in [1.54, 1.807) is 19.9 Å². The van der Waals surface area contributed by atoms with Crippen molar-refractivity contribution in [1.29, 1.82) is 0 Å². The first-order chi connectivity index (χ1) is 11.5. The molecule has 1 aromatic heterocycles. The summed E-state index contributed by atoms with van der Waals surface area (Å²) < 4.78 is 16.1. The molecule has 0 amide bonds. The first-order valence-corrected chi connectivity index (χ1v) is 8.43. The molecule has 7 heteroatoms. The van der Waals surface area contributed by atoms with Gasteiger partial charge in [-0.2, -0.15) is 0 Å². The molecule has 0 aromatic carbocycles. The minimum atomic E-state index is -0.522.